The van der Waals surface area contributed by atoms with E-state index >= 15 is 0 Å². The molecule has 0 saturated heterocycles. The van der Waals surface area contributed by atoms with Gasteiger partial charge in [0.05, 0.1) is 0 Å². The van der Waals surface area contributed by atoms with Crippen molar-refractivity contribution in [3.05, 3.63) is 54.6 Å². The van der Waals surface area contributed by atoms with Gasteiger partial charge in [0.1, 0.15) is 17.6 Å². The van der Waals surface area contributed by atoms with Gasteiger partial charge in [0.2, 0.25) is 0 Å². The Hall–Kier alpha value is -2.09. The molecule has 0 aliphatic rings. The monoisotopic (exact) mass is 365 g/mol. The quantitative estimate of drug-likeness (QED) is 0.663. The molecular weight excluding hydrogens is 342 g/mol. The number of rotatable bonds is 9. The average molecular weight is 365 g/mol. The van der Waals surface area contributed by atoms with Crippen LogP contribution < -0.4 is 14.2 Å². The van der Waals surface area contributed by atoms with E-state index in [1.165, 1.54) is 18.2 Å². The first-order valence-corrected chi connectivity index (χ1v) is 9.42. The molecule has 0 amide bonds. The molecule has 0 aliphatic carbocycles. The van der Waals surface area contributed by atoms with Crippen LogP contribution in [0.1, 0.15) is 13.8 Å². The zero-order valence-electron chi connectivity index (χ0n) is 14.3. The summed E-state index contributed by atoms with van der Waals surface area (Å²) >= 11 is 0. The predicted molar refractivity (Wildman–Crippen MR) is 95.3 cm³/mol. The van der Waals surface area contributed by atoms with Crippen molar-refractivity contribution in [2.24, 2.45) is 0 Å². The van der Waals surface area contributed by atoms with Gasteiger partial charge < -0.3 is 19.3 Å². The fraction of sp³-hybridized carbons (Fsp3) is 0.333. The summed E-state index contributed by atoms with van der Waals surface area (Å²) in [7, 11) is -3.95. The molecule has 2 N–H and O–H groups in total. The highest BCUT2D eigenvalue weighted by atomic mass is 32.2. The zero-order valence-corrected chi connectivity index (χ0v) is 15.1. The summed E-state index contributed by atoms with van der Waals surface area (Å²) < 4.78 is 35.4. The van der Waals surface area contributed by atoms with Gasteiger partial charge in [-0.3, -0.25) is 0 Å². The molecule has 2 aromatic carbocycles. The molecule has 0 aromatic heterocycles. The van der Waals surface area contributed by atoms with Crippen LogP contribution in [0.15, 0.2) is 59.5 Å². The highest BCUT2D eigenvalue weighted by molar-refractivity contribution is 7.87. The number of hydrogen-bond donors (Lipinski definition) is 2. The maximum atomic E-state index is 12.3. The molecule has 0 bridgehead atoms. The maximum absolute atomic E-state index is 12.3. The topological polar surface area (TPSA) is 84.9 Å². The normalized spacial score (nSPS) is 12.8. The van der Waals surface area contributed by atoms with Crippen molar-refractivity contribution >= 4 is 10.1 Å². The first kappa shape index (κ1) is 19.2. The summed E-state index contributed by atoms with van der Waals surface area (Å²) in [6.45, 7) is 4.35. The molecule has 25 heavy (non-hydrogen) atoms. The van der Waals surface area contributed by atoms with Crippen molar-refractivity contribution in [2.75, 3.05) is 13.2 Å². The zero-order chi connectivity index (χ0) is 18.3. The molecule has 1 unspecified atom stereocenters. The molecule has 0 heterocycles. The van der Waals surface area contributed by atoms with Crippen LogP contribution in [0.25, 0.3) is 0 Å². The molecule has 0 fully saturated rings. The van der Waals surface area contributed by atoms with E-state index in [4.69, 9.17) is 8.92 Å². The molecule has 7 heteroatoms. The number of aliphatic hydroxyl groups is 1. The van der Waals surface area contributed by atoms with Gasteiger partial charge in [-0.15, -0.1) is 0 Å². The third-order valence-electron chi connectivity index (χ3n) is 3.27. The van der Waals surface area contributed by atoms with E-state index in [9.17, 15) is 13.5 Å². The van der Waals surface area contributed by atoms with Crippen LogP contribution in [0, 0.1) is 0 Å². The van der Waals surface area contributed by atoms with Gasteiger partial charge >= 0.3 is 10.1 Å². The summed E-state index contributed by atoms with van der Waals surface area (Å²) in [5.41, 5.74) is 0. The van der Waals surface area contributed by atoms with E-state index < -0.39 is 16.2 Å². The van der Waals surface area contributed by atoms with Crippen LogP contribution in [0.3, 0.4) is 0 Å². The number of benzene rings is 2. The van der Waals surface area contributed by atoms with Gasteiger partial charge in [0.15, 0.2) is 11.5 Å². The number of nitrogens with one attached hydrogen (secondary N) is 1. The molecule has 0 radical (unpaired) electrons. The van der Waals surface area contributed by atoms with Gasteiger partial charge in [-0.2, -0.15) is 8.42 Å². The molecule has 2 rings (SSSR count). The molecule has 136 valence electrons. The molecule has 0 aliphatic heterocycles. The Balaban J connectivity index is 2.05. The van der Waals surface area contributed by atoms with E-state index in [1.54, 1.807) is 36.4 Å². The first-order chi connectivity index (χ1) is 11.9. The third kappa shape index (κ3) is 6.04. The maximum Gasteiger partial charge on any atom is 0.339 e. The summed E-state index contributed by atoms with van der Waals surface area (Å²) in [6.07, 6.45) is -0.721. The number of aliphatic hydroxyl groups excluding tert-OH is 1. The lowest BCUT2D eigenvalue weighted by atomic mass is 10.3. The second kappa shape index (κ2) is 8.84. The van der Waals surface area contributed by atoms with Crippen LogP contribution >= 0.6 is 0 Å². The Bertz CT molecular complexity index is 762. The Morgan fingerprint density at radius 3 is 2.24 bits per heavy atom. The van der Waals surface area contributed by atoms with Crippen molar-refractivity contribution in [1.29, 1.82) is 0 Å². The van der Waals surface area contributed by atoms with Gasteiger partial charge in [0, 0.05) is 12.6 Å². The standard InChI is InChI=1S/C18H23NO5S/c1-14(2)19-12-15(20)13-23-17-10-6-7-11-18(17)24-25(21,22)16-8-4-3-5-9-16/h3-11,14-15,19-20H,12-13H2,1-2H3. The SMILES string of the molecule is CC(C)NCC(O)COc1ccccc1OS(=O)(=O)c1ccccc1. The van der Waals surface area contributed by atoms with Crippen LogP contribution in [0.2, 0.25) is 0 Å². The molecule has 0 saturated carbocycles. The first-order valence-electron chi connectivity index (χ1n) is 8.01. The highest BCUT2D eigenvalue weighted by Crippen LogP contribution is 2.29. The van der Waals surface area contributed by atoms with Crippen molar-refractivity contribution in [1.82, 2.24) is 5.32 Å². The van der Waals surface area contributed by atoms with Gasteiger partial charge in [-0.1, -0.05) is 44.2 Å². The van der Waals surface area contributed by atoms with Crippen molar-refractivity contribution in [3.8, 4) is 11.5 Å². The lowest BCUT2D eigenvalue weighted by molar-refractivity contribution is 0.104. The Labute approximate surface area is 148 Å². The Morgan fingerprint density at radius 2 is 1.60 bits per heavy atom. The van der Waals surface area contributed by atoms with Crippen LogP contribution in [0.4, 0.5) is 0 Å². The van der Waals surface area contributed by atoms with E-state index in [2.05, 4.69) is 5.32 Å². The summed E-state index contributed by atoms with van der Waals surface area (Å²) in [6, 6.07) is 14.6. The molecule has 2 aromatic rings. The molecular formula is C18H23NO5S. The number of para-hydroxylation sites is 2. The minimum absolute atomic E-state index is 0.0193. The van der Waals surface area contributed by atoms with Crippen LogP contribution in [-0.4, -0.2) is 38.8 Å². The van der Waals surface area contributed by atoms with E-state index in [-0.39, 0.29) is 29.0 Å². The summed E-state index contributed by atoms with van der Waals surface area (Å²) in [5, 5.41) is 13.0. The minimum atomic E-state index is -3.95. The highest BCUT2D eigenvalue weighted by Gasteiger charge is 2.19. The van der Waals surface area contributed by atoms with E-state index in [0.717, 1.165) is 0 Å². The molecule has 0 spiro atoms. The predicted octanol–water partition coefficient (Wildman–Crippen LogP) is 2.19. The Kier molecular flexibility index (Phi) is 6.81. The van der Waals surface area contributed by atoms with Gasteiger partial charge in [0.25, 0.3) is 0 Å². The van der Waals surface area contributed by atoms with E-state index in [0.29, 0.717) is 6.54 Å². The second-order valence-electron chi connectivity index (χ2n) is 5.83. The molecule has 1 atom stereocenters. The smallest absolute Gasteiger partial charge is 0.339 e. The van der Waals surface area contributed by atoms with Gasteiger partial charge in [-0.25, -0.2) is 0 Å². The minimum Gasteiger partial charge on any atom is -0.487 e. The fourth-order valence-electron chi connectivity index (χ4n) is 2.01. The van der Waals surface area contributed by atoms with Gasteiger partial charge in [-0.05, 0) is 24.3 Å². The Morgan fingerprint density at radius 1 is 1.00 bits per heavy atom. The lowest BCUT2D eigenvalue weighted by Crippen LogP contribution is -2.35. The van der Waals surface area contributed by atoms with Crippen molar-refractivity contribution < 1.29 is 22.4 Å². The average Bonchev–Trinajstić information content (AvgIpc) is 2.59. The van der Waals surface area contributed by atoms with Crippen molar-refractivity contribution in [3.63, 3.8) is 0 Å². The van der Waals surface area contributed by atoms with Crippen LogP contribution in [0.5, 0.6) is 11.5 Å². The largest absolute Gasteiger partial charge is 0.487 e. The lowest BCUT2D eigenvalue weighted by Gasteiger charge is -2.16. The van der Waals surface area contributed by atoms with Crippen LogP contribution in [-0.2, 0) is 10.1 Å². The summed E-state index contributed by atoms with van der Waals surface area (Å²) in [4.78, 5) is 0.0611. The second-order valence-corrected chi connectivity index (χ2v) is 7.37. The molecule has 6 nitrogen and oxygen atoms in total. The number of ether oxygens (including phenoxy) is 1. The summed E-state index contributed by atoms with van der Waals surface area (Å²) in [5.74, 6) is 0.334. The fourth-order valence-corrected chi connectivity index (χ4v) is 2.97. The number of hydrogen-bond acceptors (Lipinski definition) is 6. The van der Waals surface area contributed by atoms with E-state index in [1.807, 2.05) is 13.8 Å². The third-order valence-corrected chi connectivity index (χ3v) is 4.52. The van der Waals surface area contributed by atoms with Crippen molar-refractivity contribution in [2.45, 2.75) is 30.9 Å².